The van der Waals surface area contributed by atoms with Crippen LogP contribution in [0, 0.1) is 12.7 Å². The molecule has 172 valence electrons. The monoisotopic (exact) mass is 479 g/mol. The first kappa shape index (κ1) is 22.1. The van der Waals surface area contributed by atoms with E-state index in [2.05, 4.69) is 20.2 Å². The molecule has 0 N–H and O–H groups in total. The van der Waals surface area contributed by atoms with E-state index >= 15 is 4.39 Å². The maximum absolute atomic E-state index is 15.2. The number of nitrogens with zero attached hydrogens (tertiary/aromatic N) is 5. The molecule has 2 aromatic carbocycles. The number of hydrogen-bond donors (Lipinski definition) is 0. The fraction of sp³-hybridized carbons (Fsp3) is 0.250. The van der Waals surface area contributed by atoms with Crippen LogP contribution in [0.3, 0.4) is 0 Å². The van der Waals surface area contributed by atoms with Crippen LogP contribution >= 0.6 is 11.6 Å². The van der Waals surface area contributed by atoms with Crippen molar-refractivity contribution in [3.8, 4) is 0 Å². The quantitative estimate of drug-likeness (QED) is 0.199. The molecule has 34 heavy (non-hydrogen) atoms. The van der Waals surface area contributed by atoms with E-state index < -0.39 is 17.2 Å². The van der Waals surface area contributed by atoms with Gasteiger partial charge in [-0.15, -0.1) is 10.2 Å². The Balaban J connectivity index is 1.72. The number of aromatic nitrogens is 3. The molecular weight excluding hydrogens is 461 g/mol. The van der Waals surface area contributed by atoms with Gasteiger partial charge in [0.2, 0.25) is 5.43 Å². The molecular formula is C24H19ClFN5O3. The zero-order chi connectivity index (χ0) is 24.0. The molecule has 5 rings (SSSR count). The van der Waals surface area contributed by atoms with Gasteiger partial charge < -0.3 is 9.30 Å². The molecule has 1 saturated carbocycles. The average molecular weight is 480 g/mol. The average Bonchev–Trinajstić information content (AvgIpc) is 3.65. The van der Waals surface area contributed by atoms with E-state index in [0.717, 1.165) is 18.9 Å². The third-order valence-electron chi connectivity index (χ3n) is 5.56. The number of hydrogen-bond acceptors (Lipinski definition) is 7. The smallest absolute Gasteiger partial charge is 0.343 e. The number of carbonyl (C=O) groups excluding carboxylic acids is 1. The Labute approximate surface area is 198 Å². The summed E-state index contributed by atoms with van der Waals surface area (Å²) in [5.74, 6) is -1.31. The largest absolute Gasteiger partial charge is 0.462 e. The van der Waals surface area contributed by atoms with E-state index in [4.69, 9.17) is 16.3 Å². The summed E-state index contributed by atoms with van der Waals surface area (Å²) >= 11 is 5.89. The number of rotatable bonds is 5. The van der Waals surface area contributed by atoms with Crippen LogP contribution in [-0.2, 0) is 4.74 Å². The number of halogens is 2. The minimum absolute atomic E-state index is 0.0270. The summed E-state index contributed by atoms with van der Waals surface area (Å²) in [5.41, 5.74) is 0.891. The Kier molecular flexibility index (Phi) is 5.57. The maximum atomic E-state index is 15.2. The van der Waals surface area contributed by atoms with Crippen LogP contribution < -0.4 is 5.43 Å². The summed E-state index contributed by atoms with van der Waals surface area (Å²) in [4.78, 5) is 34.4. The van der Waals surface area contributed by atoms with Crippen molar-refractivity contribution >= 4 is 51.0 Å². The predicted octanol–water partition coefficient (Wildman–Crippen LogP) is 5.97. The van der Waals surface area contributed by atoms with Crippen LogP contribution in [0.4, 0.5) is 15.9 Å². The van der Waals surface area contributed by atoms with Crippen molar-refractivity contribution in [3.63, 3.8) is 0 Å². The van der Waals surface area contributed by atoms with Crippen molar-refractivity contribution in [3.05, 3.63) is 68.8 Å². The summed E-state index contributed by atoms with van der Waals surface area (Å²) in [6.07, 6.45) is 3.24. The van der Waals surface area contributed by atoms with Gasteiger partial charge in [-0.2, -0.15) is 0 Å². The summed E-state index contributed by atoms with van der Waals surface area (Å²) in [6, 6.07) is 7.94. The van der Waals surface area contributed by atoms with Crippen LogP contribution in [0.25, 0.3) is 21.9 Å². The number of pyridine rings is 1. The molecule has 0 aliphatic heterocycles. The number of azo groups is 1. The highest BCUT2D eigenvalue weighted by molar-refractivity contribution is 6.30. The van der Waals surface area contributed by atoms with Crippen molar-refractivity contribution < 1.29 is 13.9 Å². The van der Waals surface area contributed by atoms with Crippen LogP contribution in [0.5, 0.6) is 0 Å². The number of aryl methyl sites for hydroxylation is 1. The lowest BCUT2D eigenvalue weighted by Gasteiger charge is -2.15. The van der Waals surface area contributed by atoms with Crippen LogP contribution in [0.15, 0.2) is 51.6 Å². The van der Waals surface area contributed by atoms with E-state index in [9.17, 15) is 9.59 Å². The fourth-order valence-electron chi connectivity index (χ4n) is 3.78. The lowest BCUT2D eigenvalue weighted by molar-refractivity contribution is 0.0524. The van der Waals surface area contributed by atoms with Gasteiger partial charge in [-0.3, -0.25) is 4.79 Å². The van der Waals surface area contributed by atoms with Crippen LogP contribution in [0.2, 0.25) is 5.02 Å². The molecule has 1 fully saturated rings. The number of esters is 1. The topological polar surface area (TPSA) is 98.8 Å². The molecule has 4 aromatic rings. The van der Waals surface area contributed by atoms with Crippen LogP contribution in [0.1, 0.15) is 41.9 Å². The zero-order valence-electron chi connectivity index (χ0n) is 18.4. The number of ether oxygens (including phenoxy) is 1. The SMILES string of the molecule is CCOC(=O)c1cn(C2CC2)c2c(cc(F)c3nc(N=Nc4ccc(Cl)cc4)c(C)nc32)c1=O. The van der Waals surface area contributed by atoms with Crippen LogP contribution in [-0.4, -0.2) is 27.1 Å². The lowest BCUT2D eigenvalue weighted by Crippen LogP contribution is -2.21. The van der Waals surface area contributed by atoms with Crippen molar-refractivity contribution in [2.45, 2.75) is 32.7 Å². The Bertz CT molecular complexity index is 1550. The first-order valence-electron chi connectivity index (χ1n) is 10.8. The number of fused-ring (bicyclic) bond motifs is 3. The number of carbonyl (C=O) groups is 1. The van der Waals surface area contributed by atoms with Gasteiger partial charge in [-0.1, -0.05) is 11.6 Å². The molecule has 0 amide bonds. The van der Waals surface area contributed by atoms with Crippen molar-refractivity contribution in [1.82, 2.24) is 14.5 Å². The van der Waals surface area contributed by atoms with E-state index in [1.807, 2.05) is 4.57 Å². The highest BCUT2D eigenvalue weighted by atomic mass is 35.5. The summed E-state index contributed by atoms with van der Waals surface area (Å²) in [5, 5.41) is 8.90. The molecule has 2 aromatic heterocycles. The molecule has 0 unspecified atom stereocenters. The molecule has 0 saturated heterocycles. The van der Waals surface area contributed by atoms with E-state index in [1.54, 1.807) is 38.1 Å². The number of benzene rings is 2. The normalized spacial score (nSPS) is 13.8. The van der Waals surface area contributed by atoms with Gasteiger partial charge in [0.25, 0.3) is 0 Å². The molecule has 8 nitrogen and oxygen atoms in total. The fourth-order valence-corrected chi connectivity index (χ4v) is 3.90. The minimum Gasteiger partial charge on any atom is -0.462 e. The minimum atomic E-state index is -0.738. The van der Waals surface area contributed by atoms with Gasteiger partial charge in [-0.25, -0.2) is 19.2 Å². The molecule has 0 bridgehead atoms. The van der Waals surface area contributed by atoms with Crippen molar-refractivity contribution in [2.24, 2.45) is 10.2 Å². The van der Waals surface area contributed by atoms with E-state index in [1.165, 1.54) is 6.20 Å². The second kappa shape index (κ2) is 8.57. The van der Waals surface area contributed by atoms with E-state index in [0.29, 0.717) is 21.9 Å². The van der Waals surface area contributed by atoms with Crippen molar-refractivity contribution in [2.75, 3.05) is 6.61 Å². The summed E-state index contributed by atoms with van der Waals surface area (Å²) < 4.78 is 22.0. The van der Waals surface area contributed by atoms with Gasteiger partial charge in [0.05, 0.1) is 28.9 Å². The van der Waals surface area contributed by atoms with Gasteiger partial charge in [0, 0.05) is 17.3 Å². The lowest BCUT2D eigenvalue weighted by atomic mass is 10.1. The molecule has 1 aliphatic rings. The zero-order valence-corrected chi connectivity index (χ0v) is 19.1. The summed E-state index contributed by atoms with van der Waals surface area (Å²) in [7, 11) is 0. The Morgan fingerprint density at radius 3 is 2.62 bits per heavy atom. The first-order valence-corrected chi connectivity index (χ1v) is 11.1. The molecule has 10 heteroatoms. The Hall–Kier alpha value is -3.72. The van der Waals surface area contributed by atoms with Gasteiger partial charge in [0.1, 0.15) is 16.6 Å². The highest BCUT2D eigenvalue weighted by Crippen LogP contribution is 2.39. The molecule has 0 spiro atoms. The Morgan fingerprint density at radius 2 is 1.94 bits per heavy atom. The summed E-state index contributed by atoms with van der Waals surface area (Å²) in [6.45, 7) is 3.47. The Morgan fingerprint density at radius 1 is 1.21 bits per heavy atom. The van der Waals surface area contributed by atoms with Gasteiger partial charge in [0.15, 0.2) is 11.6 Å². The molecule has 2 heterocycles. The maximum Gasteiger partial charge on any atom is 0.343 e. The van der Waals surface area contributed by atoms with Gasteiger partial charge >= 0.3 is 5.97 Å². The predicted molar refractivity (Wildman–Crippen MR) is 126 cm³/mol. The van der Waals surface area contributed by atoms with Crippen molar-refractivity contribution in [1.29, 1.82) is 0 Å². The first-order chi connectivity index (χ1) is 16.4. The third-order valence-corrected chi connectivity index (χ3v) is 5.81. The highest BCUT2D eigenvalue weighted by Gasteiger charge is 2.29. The second-order valence-electron chi connectivity index (χ2n) is 7.99. The molecule has 0 atom stereocenters. The van der Waals surface area contributed by atoms with E-state index in [-0.39, 0.29) is 40.4 Å². The molecule has 0 radical (unpaired) electrons. The second-order valence-corrected chi connectivity index (χ2v) is 8.43. The third kappa shape index (κ3) is 3.92. The van der Waals surface area contributed by atoms with Gasteiger partial charge in [-0.05, 0) is 57.0 Å². The standard InChI is InChI=1S/C24H19ClFN5O3/c1-3-34-24(33)17-11-31(15-8-9-15)21-16(22(17)32)10-18(26)19-20(21)27-12(2)23(28-19)30-29-14-6-4-13(25)5-7-14/h4-7,10-11,15H,3,8-9H2,1-2H3. The molecule has 1 aliphatic carbocycles.